The Kier molecular flexibility index (Phi) is 5.42. The Balaban J connectivity index is 1.15. The summed E-state index contributed by atoms with van der Waals surface area (Å²) in [5.41, 5.74) is 2.21. The second-order valence-corrected chi connectivity index (χ2v) is 8.54. The van der Waals surface area contributed by atoms with Crippen molar-refractivity contribution in [3.63, 3.8) is 0 Å². The summed E-state index contributed by atoms with van der Waals surface area (Å²) >= 11 is 0. The van der Waals surface area contributed by atoms with Gasteiger partial charge in [0.15, 0.2) is 5.82 Å². The lowest BCUT2D eigenvalue weighted by Gasteiger charge is -2.32. The maximum absolute atomic E-state index is 12.9. The van der Waals surface area contributed by atoms with Crippen LogP contribution < -0.4 is 10.2 Å². The number of nitrogens with one attached hydrogen (secondary N) is 2. The number of nitrogens with zero attached hydrogens (tertiary/aromatic N) is 3. The van der Waals surface area contributed by atoms with Gasteiger partial charge >= 0.3 is 0 Å². The van der Waals surface area contributed by atoms with E-state index in [1.807, 2.05) is 30.3 Å². The van der Waals surface area contributed by atoms with Gasteiger partial charge in [-0.2, -0.15) is 5.10 Å². The number of para-hydroxylation sites is 1. The summed E-state index contributed by atoms with van der Waals surface area (Å²) in [6.07, 6.45) is 2.11. The van der Waals surface area contributed by atoms with Crippen LogP contribution in [-0.2, 0) is 16.1 Å². The minimum atomic E-state index is -0.328. The second-order valence-electron chi connectivity index (χ2n) is 8.54. The molecule has 2 aromatic carbocycles. The SMILES string of the molecule is O=C(NC1CCN(Cc2ccccc2)CC1)[C@@H]1CC(=O)N(c2n[nH]c3ccccc23)C1. The minimum Gasteiger partial charge on any atom is -0.353 e. The van der Waals surface area contributed by atoms with Crippen LogP contribution in [0.4, 0.5) is 5.82 Å². The predicted octanol–water partition coefficient (Wildman–Crippen LogP) is 2.70. The maximum Gasteiger partial charge on any atom is 0.229 e. The molecule has 2 amide bonds. The molecule has 1 aromatic heterocycles. The van der Waals surface area contributed by atoms with Crippen molar-refractivity contribution in [3.05, 3.63) is 60.2 Å². The van der Waals surface area contributed by atoms with Crippen LogP contribution in [0.3, 0.4) is 0 Å². The van der Waals surface area contributed by atoms with Crippen molar-refractivity contribution in [2.45, 2.75) is 31.8 Å². The Morgan fingerprint density at radius 3 is 2.61 bits per heavy atom. The van der Waals surface area contributed by atoms with Gasteiger partial charge in [-0.3, -0.25) is 24.5 Å². The number of benzene rings is 2. The highest BCUT2D eigenvalue weighted by Crippen LogP contribution is 2.29. The summed E-state index contributed by atoms with van der Waals surface area (Å²) in [4.78, 5) is 29.6. The highest BCUT2D eigenvalue weighted by atomic mass is 16.2. The van der Waals surface area contributed by atoms with Gasteiger partial charge in [0.25, 0.3) is 0 Å². The van der Waals surface area contributed by atoms with E-state index in [9.17, 15) is 9.59 Å². The molecule has 2 N–H and O–H groups in total. The first-order valence-electron chi connectivity index (χ1n) is 11.0. The zero-order valence-electron chi connectivity index (χ0n) is 17.5. The molecule has 3 heterocycles. The molecular weight excluding hydrogens is 390 g/mol. The number of anilines is 1. The number of H-pyrrole nitrogens is 1. The van der Waals surface area contributed by atoms with Crippen LogP contribution in [0, 0.1) is 5.92 Å². The summed E-state index contributed by atoms with van der Waals surface area (Å²) in [7, 11) is 0. The van der Waals surface area contributed by atoms with Crippen LogP contribution in [0.2, 0.25) is 0 Å². The molecule has 2 aliphatic heterocycles. The monoisotopic (exact) mass is 417 g/mol. The lowest BCUT2D eigenvalue weighted by Crippen LogP contribution is -2.46. The molecule has 5 rings (SSSR count). The van der Waals surface area contributed by atoms with Crippen molar-refractivity contribution in [2.24, 2.45) is 5.92 Å². The fourth-order valence-corrected chi connectivity index (χ4v) is 4.64. The van der Waals surface area contributed by atoms with Crippen molar-refractivity contribution in [3.8, 4) is 0 Å². The summed E-state index contributed by atoms with van der Waals surface area (Å²) in [5.74, 6) is 0.225. The lowest BCUT2D eigenvalue weighted by molar-refractivity contribution is -0.127. The topological polar surface area (TPSA) is 81.3 Å². The molecule has 3 aromatic rings. The Hall–Kier alpha value is -3.19. The normalized spacial score (nSPS) is 20.5. The van der Waals surface area contributed by atoms with Gasteiger partial charge in [0.1, 0.15) is 0 Å². The number of hydrogen-bond donors (Lipinski definition) is 2. The number of likely N-dealkylation sites (tertiary alicyclic amines) is 1. The van der Waals surface area contributed by atoms with Gasteiger partial charge in [-0.15, -0.1) is 0 Å². The minimum absolute atomic E-state index is 0.0165. The quantitative estimate of drug-likeness (QED) is 0.669. The standard InChI is InChI=1S/C24H27N5O2/c30-22-14-18(16-29(22)23-20-8-4-5-9-21(20)26-27-23)24(31)25-19-10-12-28(13-11-19)15-17-6-2-1-3-7-17/h1-9,18-19H,10-16H2,(H,25,31)(H,26,27)/t18-/m1/s1. The molecule has 0 radical (unpaired) electrons. The van der Waals surface area contributed by atoms with E-state index in [0.717, 1.165) is 43.4 Å². The number of piperidine rings is 1. The van der Waals surface area contributed by atoms with Crippen molar-refractivity contribution >= 4 is 28.5 Å². The molecule has 0 saturated carbocycles. The van der Waals surface area contributed by atoms with Gasteiger partial charge in [-0.1, -0.05) is 42.5 Å². The number of aromatic amines is 1. The number of rotatable bonds is 5. The molecule has 1 atom stereocenters. The van der Waals surface area contributed by atoms with E-state index in [1.165, 1.54) is 5.56 Å². The number of aromatic nitrogens is 2. The largest absolute Gasteiger partial charge is 0.353 e. The van der Waals surface area contributed by atoms with E-state index in [0.29, 0.717) is 12.4 Å². The van der Waals surface area contributed by atoms with E-state index in [-0.39, 0.29) is 30.2 Å². The molecule has 31 heavy (non-hydrogen) atoms. The smallest absolute Gasteiger partial charge is 0.229 e. The maximum atomic E-state index is 12.9. The van der Waals surface area contributed by atoms with Gasteiger partial charge in [-0.25, -0.2) is 0 Å². The second kappa shape index (κ2) is 8.51. The van der Waals surface area contributed by atoms with E-state index in [4.69, 9.17) is 0 Å². The molecule has 0 spiro atoms. The van der Waals surface area contributed by atoms with E-state index < -0.39 is 0 Å². The van der Waals surface area contributed by atoms with Crippen LogP contribution in [0.5, 0.6) is 0 Å². The molecule has 7 nitrogen and oxygen atoms in total. The summed E-state index contributed by atoms with van der Waals surface area (Å²) in [6.45, 7) is 3.27. The summed E-state index contributed by atoms with van der Waals surface area (Å²) in [5, 5.41) is 11.4. The molecule has 2 aliphatic rings. The van der Waals surface area contributed by atoms with Crippen LogP contribution in [0.15, 0.2) is 54.6 Å². The molecule has 0 aliphatic carbocycles. The first-order chi connectivity index (χ1) is 15.2. The Labute approximate surface area is 181 Å². The molecular formula is C24H27N5O2. The zero-order valence-corrected chi connectivity index (χ0v) is 17.5. The van der Waals surface area contributed by atoms with Gasteiger partial charge in [-0.05, 0) is 30.5 Å². The van der Waals surface area contributed by atoms with E-state index >= 15 is 0 Å². The predicted molar refractivity (Wildman–Crippen MR) is 119 cm³/mol. The van der Waals surface area contributed by atoms with Crippen molar-refractivity contribution < 1.29 is 9.59 Å². The number of carbonyl (C=O) groups excluding carboxylic acids is 2. The third-order valence-electron chi connectivity index (χ3n) is 6.38. The third kappa shape index (κ3) is 4.18. The average molecular weight is 418 g/mol. The first-order valence-corrected chi connectivity index (χ1v) is 11.0. The van der Waals surface area contributed by atoms with Gasteiger partial charge in [0.05, 0.1) is 11.4 Å². The van der Waals surface area contributed by atoms with Gasteiger partial charge in [0, 0.05) is 44.0 Å². The molecule has 2 saturated heterocycles. The van der Waals surface area contributed by atoms with Crippen LogP contribution in [0.1, 0.15) is 24.8 Å². The first kappa shape index (κ1) is 19.8. The van der Waals surface area contributed by atoms with Gasteiger partial charge < -0.3 is 5.32 Å². The summed E-state index contributed by atoms with van der Waals surface area (Å²) in [6, 6.07) is 18.4. The Morgan fingerprint density at radius 2 is 1.81 bits per heavy atom. The lowest BCUT2D eigenvalue weighted by atomic mass is 10.0. The highest BCUT2D eigenvalue weighted by molar-refractivity contribution is 6.05. The van der Waals surface area contributed by atoms with Crippen molar-refractivity contribution in [2.75, 3.05) is 24.5 Å². The van der Waals surface area contributed by atoms with E-state index in [2.05, 4.69) is 44.7 Å². The Morgan fingerprint density at radius 1 is 1.06 bits per heavy atom. The van der Waals surface area contributed by atoms with E-state index in [1.54, 1.807) is 4.90 Å². The Bertz CT molecular complexity index is 1070. The highest BCUT2D eigenvalue weighted by Gasteiger charge is 2.37. The van der Waals surface area contributed by atoms with Crippen LogP contribution in [-0.4, -0.2) is 52.6 Å². The molecule has 7 heteroatoms. The average Bonchev–Trinajstić information content (AvgIpc) is 3.39. The number of carbonyl (C=O) groups is 2. The number of hydrogen-bond acceptors (Lipinski definition) is 4. The summed E-state index contributed by atoms with van der Waals surface area (Å²) < 4.78 is 0. The van der Waals surface area contributed by atoms with Crippen molar-refractivity contribution in [1.82, 2.24) is 20.4 Å². The third-order valence-corrected chi connectivity index (χ3v) is 6.38. The molecule has 160 valence electrons. The fraction of sp³-hybridized carbons (Fsp3) is 0.375. The molecule has 2 fully saturated rings. The number of fused-ring (bicyclic) bond motifs is 1. The fourth-order valence-electron chi connectivity index (χ4n) is 4.64. The number of amides is 2. The van der Waals surface area contributed by atoms with Crippen LogP contribution in [0.25, 0.3) is 10.9 Å². The van der Waals surface area contributed by atoms with Gasteiger partial charge in [0.2, 0.25) is 11.8 Å². The molecule has 0 bridgehead atoms. The van der Waals surface area contributed by atoms with Crippen LogP contribution >= 0.6 is 0 Å². The molecule has 0 unspecified atom stereocenters. The zero-order chi connectivity index (χ0) is 21.2. The van der Waals surface area contributed by atoms with Crippen molar-refractivity contribution in [1.29, 1.82) is 0 Å².